The monoisotopic (exact) mass is 313 g/mol. The smallest absolute Gasteiger partial charge is 0.434 e. The van der Waals surface area contributed by atoms with Crippen molar-refractivity contribution in [3.8, 4) is 0 Å². The summed E-state index contributed by atoms with van der Waals surface area (Å²) in [7, 11) is 0. The van der Waals surface area contributed by atoms with E-state index in [4.69, 9.17) is 4.74 Å². The fourth-order valence-electron chi connectivity index (χ4n) is 2.00. The first kappa shape index (κ1) is 18.1. The van der Waals surface area contributed by atoms with Crippen molar-refractivity contribution < 1.29 is 28.7 Å². The van der Waals surface area contributed by atoms with Gasteiger partial charge in [0.25, 0.3) is 0 Å². The molecule has 0 aromatic rings. The quantitative estimate of drug-likeness (QED) is 0.295. The molecular weight excluding hydrogens is 290 g/mol. The highest BCUT2D eigenvalue weighted by Crippen LogP contribution is 2.13. The Hall–Kier alpha value is -1.92. The summed E-state index contributed by atoms with van der Waals surface area (Å²) in [5.74, 6) is -0.699. The molecule has 0 aromatic heterocycles. The third-order valence-electron chi connectivity index (χ3n) is 3.15. The van der Waals surface area contributed by atoms with Crippen LogP contribution in [0.25, 0.3) is 0 Å². The fourth-order valence-corrected chi connectivity index (χ4v) is 2.00. The lowest BCUT2D eigenvalue weighted by molar-refractivity contribution is -0.141. The zero-order chi connectivity index (χ0) is 16.5. The van der Waals surface area contributed by atoms with Gasteiger partial charge in [-0.2, -0.15) is 0 Å². The SMILES string of the molecule is CC(C)COC(=O)OC(=O)CCCCCN1C(=O)CCC1=O. The minimum atomic E-state index is -0.966. The average molecular weight is 313 g/mol. The van der Waals surface area contributed by atoms with Crippen LogP contribution in [0.3, 0.4) is 0 Å². The van der Waals surface area contributed by atoms with E-state index in [0.717, 1.165) is 0 Å². The predicted molar refractivity (Wildman–Crippen MR) is 76.7 cm³/mol. The Morgan fingerprint density at radius 1 is 1.09 bits per heavy atom. The zero-order valence-corrected chi connectivity index (χ0v) is 13.1. The minimum Gasteiger partial charge on any atom is -0.434 e. The number of hydrogen-bond acceptors (Lipinski definition) is 6. The first-order valence-corrected chi connectivity index (χ1v) is 7.60. The van der Waals surface area contributed by atoms with Crippen LogP contribution in [0.5, 0.6) is 0 Å². The lowest BCUT2D eigenvalue weighted by atomic mass is 10.2. The highest BCUT2D eigenvalue weighted by molar-refractivity contribution is 6.01. The molecule has 1 saturated heterocycles. The Morgan fingerprint density at radius 3 is 2.32 bits per heavy atom. The van der Waals surface area contributed by atoms with Gasteiger partial charge in [0, 0.05) is 25.8 Å². The molecule has 7 heteroatoms. The Morgan fingerprint density at radius 2 is 1.73 bits per heavy atom. The highest BCUT2D eigenvalue weighted by atomic mass is 16.7. The summed E-state index contributed by atoms with van der Waals surface area (Å²) in [6.45, 7) is 4.36. The van der Waals surface area contributed by atoms with Gasteiger partial charge in [0.2, 0.25) is 11.8 Å². The number of nitrogens with zero attached hydrogens (tertiary/aromatic N) is 1. The molecule has 1 rings (SSSR count). The van der Waals surface area contributed by atoms with E-state index in [1.165, 1.54) is 4.90 Å². The third-order valence-corrected chi connectivity index (χ3v) is 3.15. The van der Waals surface area contributed by atoms with Gasteiger partial charge in [-0.1, -0.05) is 20.3 Å². The van der Waals surface area contributed by atoms with Crippen LogP contribution in [-0.4, -0.2) is 42.0 Å². The van der Waals surface area contributed by atoms with Crippen molar-refractivity contribution in [2.24, 2.45) is 5.92 Å². The molecule has 0 aromatic carbocycles. The second-order valence-electron chi connectivity index (χ2n) is 5.68. The summed E-state index contributed by atoms with van der Waals surface area (Å²) < 4.78 is 9.23. The minimum absolute atomic E-state index is 0.110. The van der Waals surface area contributed by atoms with Gasteiger partial charge >= 0.3 is 12.1 Å². The summed E-state index contributed by atoms with van der Waals surface area (Å²) in [5, 5.41) is 0. The number of carbonyl (C=O) groups excluding carboxylic acids is 4. The largest absolute Gasteiger partial charge is 0.516 e. The molecular formula is C15H23NO6. The van der Waals surface area contributed by atoms with Crippen molar-refractivity contribution in [1.29, 1.82) is 0 Å². The second-order valence-corrected chi connectivity index (χ2v) is 5.68. The van der Waals surface area contributed by atoms with Crippen molar-refractivity contribution in [3.05, 3.63) is 0 Å². The summed E-state index contributed by atoms with van der Waals surface area (Å²) in [6.07, 6.45) is 1.58. The van der Waals surface area contributed by atoms with Gasteiger partial charge in [-0.15, -0.1) is 0 Å². The average Bonchev–Trinajstić information content (AvgIpc) is 2.76. The fraction of sp³-hybridized carbons (Fsp3) is 0.733. The first-order valence-electron chi connectivity index (χ1n) is 7.60. The van der Waals surface area contributed by atoms with Crippen molar-refractivity contribution in [2.45, 2.75) is 52.4 Å². The Kier molecular flexibility index (Phi) is 7.56. The van der Waals surface area contributed by atoms with Crippen molar-refractivity contribution >= 4 is 23.9 Å². The molecule has 22 heavy (non-hydrogen) atoms. The first-order chi connectivity index (χ1) is 10.4. The van der Waals surface area contributed by atoms with Crippen LogP contribution in [0, 0.1) is 5.92 Å². The number of hydrogen-bond donors (Lipinski definition) is 0. The summed E-state index contributed by atoms with van der Waals surface area (Å²) in [5.41, 5.74) is 0. The Labute approximate surface area is 129 Å². The Balaban J connectivity index is 2.06. The Bertz CT molecular complexity index is 416. The van der Waals surface area contributed by atoms with E-state index in [9.17, 15) is 19.2 Å². The van der Waals surface area contributed by atoms with Crippen molar-refractivity contribution in [1.82, 2.24) is 4.90 Å². The number of imide groups is 1. The lowest BCUT2D eigenvalue weighted by Crippen LogP contribution is -2.29. The van der Waals surface area contributed by atoms with Crippen LogP contribution < -0.4 is 0 Å². The van der Waals surface area contributed by atoms with Gasteiger partial charge in [-0.3, -0.25) is 19.3 Å². The number of amides is 2. The summed E-state index contributed by atoms with van der Waals surface area (Å²) >= 11 is 0. The predicted octanol–water partition coefficient (Wildman–Crippen LogP) is 2.03. The van der Waals surface area contributed by atoms with Crippen LogP contribution in [0.15, 0.2) is 0 Å². The number of likely N-dealkylation sites (tertiary alicyclic amines) is 1. The molecule has 1 fully saturated rings. The molecule has 1 heterocycles. The summed E-state index contributed by atoms with van der Waals surface area (Å²) in [6, 6.07) is 0. The van der Waals surface area contributed by atoms with Gasteiger partial charge in [-0.25, -0.2) is 4.79 Å². The molecule has 0 saturated carbocycles. The van der Waals surface area contributed by atoms with E-state index in [2.05, 4.69) is 4.74 Å². The van der Waals surface area contributed by atoms with E-state index in [0.29, 0.717) is 38.6 Å². The molecule has 0 spiro atoms. The van der Waals surface area contributed by atoms with Gasteiger partial charge in [0.15, 0.2) is 0 Å². The van der Waals surface area contributed by atoms with Gasteiger partial charge < -0.3 is 9.47 Å². The lowest BCUT2D eigenvalue weighted by Gasteiger charge is -2.12. The van der Waals surface area contributed by atoms with Gasteiger partial charge in [-0.05, 0) is 18.8 Å². The molecule has 0 N–H and O–H groups in total. The van der Waals surface area contributed by atoms with Crippen LogP contribution in [0.4, 0.5) is 4.79 Å². The molecule has 0 atom stereocenters. The standard InChI is InChI=1S/C15H23NO6/c1-11(2)10-21-15(20)22-14(19)6-4-3-5-9-16-12(17)7-8-13(16)18/h11H,3-10H2,1-2H3. The van der Waals surface area contributed by atoms with Gasteiger partial charge in [0.05, 0.1) is 6.61 Å². The molecule has 7 nitrogen and oxygen atoms in total. The van der Waals surface area contributed by atoms with Crippen molar-refractivity contribution in [2.75, 3.05) is 13.2 Å². The van der Waals surface area contributed by atoms with E-state index in [1.54, 1.807) is 0 Å². The molecule has 124 valence electrons. The van der Waals surface area contributed by atoms with Crippen LogP contribution in [-0.2, 0) is 23.9 Å². The maximum atomic E-state index is 11.4. The van der Waals surface area contributed by atoms with Crippen LogP contribution in [0.1, 0.15) is 52.4 Å². The zero-order valence-electron chi connectivity index (χ0n) is 13.1. The van der Waals surface area contributed by atoms with E-state index >= 15 is 0 Å². The summed E-state index contributed by atoms with van der Waals surface area (Å²) in [4.78, 5) is 46.5. The molecule has 0 bridgehead atoms. The molecule has 2 amide bonds. The topological polar surface area (TPSA) is 90.0 Å². The van der Waals surface area contributed by atoms with Gasteiger partial charge in [0.1, 0.15) is 0 Å². The van der Waals surface area contributed by atoms with Crippen LogP contribution in [0.2, 0.25) is 0 Å². The maximum absolute atomic E-state index is 11.4. The third kappa shape index (κ3) is 6.69. The second kappa shape index (κ2) is 9.17. The highest BCUT2D eigenvalue weighted by Gasteiger charge is 2.27. The molecule has 1 aliphatic heterocycles. The van der Waals surface area contributed by atoms with Crippen molar-refractivity contribution in [3.63, 3.8) is 0 Å². The number of rotatable bonds is 8. The normalized spacial score (nSPS) is 14.6. The van der Waals surface area contributed by atoms with Crippen LogP contribution >= 0.6 is 0 Å². The van der Waals surface area contributed by atoms with E-state index in [1.807, 2.05) is 13.8 Å². The molecule has 1 aliphatic rings. The molecule has 0 unspecified atom stereocenters. The molecule has 0 aliphatic carbocycles. The number of ether oxygens (including phenoxy) is 2. The molecule has 0 radical (unpaired) electrons. The number of esters is 1. The van der Waals surface area contributed by atoms with E-state index < -0.39 is 12.1 Å². The van der Waals surface area contributed by atoms with E-state index in [-0.39, 0.29) is 30.8 Å². The number of unbranched alkanes of at least 4 members (excludes halogenated alkanes) is 2. The maximum Gasteiger partial charge on any atom is 0.516 e. The number of carbonyl (C=O) groups is 4.